The van der Waals surface area contributed by atoms with Crippen LogP contribution in [-0.4, -0.2) is 16.7 Å². The van der Waals surface area contributed by atoms with Crippen LogP contribution in [0.4, 0.5) is 10.4 Å². The Bertz CT molecular complexity index is 536. The van der Waals surface area contributed by atoms with Gasteiger partial charge in [-0.3, -0.25) is 0 Å². The van der Waals surface area contributed by atoms with E-state index >= 15 is 0 Å². The first-order chi connectivity index (χ1) is 9.06. The van der Waals surface area contributed by atoms with E-state index in [0.29, 0.717) is 28.4 Å². The largest absolute Gasteiger partial charge is 0.408 e. The van der Waals surface area contributed by atoms with Gasteiger partial charge < -0.3 is 9.73 Å². The van der Waals surface area contributed by atoms with Gasteiger partial charge >= 0.3 is 6.01 Å². The van der Waals surface area contributed by atoms with Crippen LogP contribution in [-0.2, 0) is 6.42 Å². The third kappa shape index (κ3) is 3.67. The number of rotatable bonds is 5. The molecule has 0 atom stereocenters. The first kappa shape index (κ1) is 13.8. The number of hydrogen-bond acceptors (Lipinski definition) is 4. The Morgan fingerprint density at radius 3 is 2.84 bits per heavy atom. The maximum Gasteiger partial charge on any atom is 0.315 e. The Morgan fingerprint density at radius 1 is 1.37 bits per heavy atom. The van der Waals surface area contributed by atoms with Gasteiger partial charge in [-0.2, -0.15) is 0 Å². The highest BCUT2D eigenvalue weighted by Crippen LogP contribution is 2.22. The molecule has 0 saturated heterocycles. The predicted octanol–water partition coefficient (Wildman–Crippen LogP) is 3.52. The number of halogens is 2. The number of hydrogen-bond donors (Lipinski definition) is 1. The molecule has 0 aliphatic heterocycles. The third-order valence-electron chi connectivity index (χ3n) is 2.52. The molecule has 0 radical (unpaired) electrons. The minimum atomic E-state index is -0.373. The van der Waals surface area contributed by atoms with Crippen molar-refractivity contribution in [3.05, 3.63) is 40.5 Å². The summed E-state index contributed by atoms with van der Waals surface area (Å²) in [6.07, 6.45) is 0.182. The van der Waals surface area contributed by atoms with Crippen LogP contribution in [0.1, 0.15) is 25.3 Å². The molecule has 1 aromatic carbocycles. The van der Waals surface area contributed by atoms with Crippen molar-refractivity contribution in [2.45, 2.75) is 20.3 Å². The summed E-state index contributed by atoms with van der Waals surface area (Å²) in [5, 5.41) is 11.1. The van der Waals surface area contributed by atoms with Crippen LogP contribution in [0.2, 0.25) is 5.02 Å². The molecule has 2 rings (SSSR count). The van der Waals surface area contributed by atoms with Gasteiger partial charge in [-0.25, -0.2) is 4.39 Å². The zero-order valence-corrected chi connectivity index (χ0v) is 11.5. The summed E-state index contributed by atoms with van der Waals surface area (Å²) in [6, 6.07) is 4.89. The van der Waals surface area contributed by atoms with Gasteiger partial charge in [-0.05, 0) is 18.1 Å². The lowest BCUT2D eigenvalue weighted by molar-refractivity contribution is 0.506. The van der Waals surface area contributed by atoms with Gasteiger partial charge in [0.2, 0.25) is 5.89 Å². The van der Waals surface area contributed by atoms with Gasteiger partial charge in [0.25, 0.3) is 0 Å². The highest BCUT2D eigenvalue weighted by atomic mass is 35.5. The van der Waals surface area contributed by atoms with Gasteiger partial charge in [0.15, 0.2) is 0 Å². The molecule has 4 nitrogen and oxygen atoms in total. The topological polar surface area (TPSA) is 51.0 Å². The van der Waals surface area contributed by atoms with Crippen molar-refractivity contribution in [3.8, 4) is 0 Å². The lowest BCUT2D eigenvalue weighted by Gasteiger charge is -2.03. The number of aromatic nitrogens is 2. The molecule has 1 heterocycles. The van der Waals surface area contributed by atoms with E-state index in [9.17, 15) is 4.39 Å². The molecule has 0 spiro atoms. The summed E-state index contributed by atoms with van der Waals surface area (Å²) in [7, 11) is 0. The maximum absolute atomic E-state index is 13.6. The zero-order chi connectivity index (χ0) is 13.8. The van der Waals surface area contributed by atoms with Crippen molar-refractivity contribution in [2.75, 3.05) is 11.9 Å². The van der Waals surface area contributed by atoms with Crippen molar-refractivity contribution in [1.29, 1.82) is 0 Å². The fraction of sp³-hybridized carbons (Fsp3) is 0.385. The average Bonchev–Trinajstić information content (AvgIpc) is 2.79. The second kappa shape index (κ2) is 6.02. The number of nitrogens with one attached hydrogen (secondary N) is 1. The first-order valence-electron chi connectivity index (χ1n) is 6.05. The van der Waals surface area contributed by atoms with Crippen molar-refractivity contribution < 1.29 is 8.81 Å². The normalized spacial score (nSPS) is 11.0. The average molecular weight is 284 g/mol. The molecular weight excluding hydrogens is 269 g/mol. The smallest absolute Gasteiger partial charge is 0.315 e. The van der Waals surface area contributed by atoms with Gasteiger partial charge in [0, 0.05) is 17.1 Å². The summed E-state index contributed by atoms with van der Waals surface area (Å²) < 4.78 is 19.0. The maximum atomic E-state index is 13.6. The number of nitrogens with zero attached hydrogens (tertiary/aromatic N) is 2. The van der Waals surface area contributed by atoms with E-state index < -0.39 is 0 Å². The molecule has 0 aliphatic carbocycles. The molecular formula is C13H15ClFN3O. The summed E-state index contributed by atoms with van der Waals surface area (Å²) in [4.78, 5) is 0. The van der Waals surface area contributed by atoms with Crippen LogP contribution in [0, 0.1) is 11.7 Å². The van der Waals surface area contributed by atoms with Crippen molar-refractivity contribution in [2.24, 2.45) is 5.92 Å². The molecule has 102 valence electrons. The minimum absolute atomic E-state index is 0.182. The summed E-state index contributed by atoms with van der Waals surface area (Å²) in [5.41, 5.74) is 0.364. The van der Waals surface area contributed by atoms with Crippen molar-refractivity contribution in [1.82, 2.24) is 10.2 Å². The molecule has 2 aromatic rings. The molecule has 1 N–H and O–H groups in total. The molecule has 19 heavy (non-hydrogen) atoms. The van der Waals surface area contributed by atoms with Crippen molar-refractivity contribution >= 4 is 17.6 Å². The van der Waals surface area contributed by atoms with Crippen LogP contribution in [0.5, 0.6) is 0 Å². The molecule has 1 aromatic heterocycles. The predicted molar refractivity (Wildman–Crippen MR) is 71.8 cm³/mol. The first-order valence-corrected chi connectivity index (χ1v) is 6.43. The second-order valence-corrected chi connectivity index (χ2v) is 5.06. The van der Waals surface area contributed by atoms with Crippen LogP contribution >= 0.6 is 11.6 Å². The Labute approximate surface area is 116 Å². The third-order valence-corrected chi connectivity index (χ3v) is 2.87. The van der Waals surface area contributed by atoms with E-state index in [-0.39, 0.29) is 12.2 Å². The Kier molecular flexibility index (Phi) is 4.37. The fourth-order valence-electron chi connectivity index (χ4n) is 1.54. The summed E-state index contributed by atoms with van der Waals surface area (Å²) >= 11 is 5.94. The SMILES string of the molecule is CC(C)CNc1nnc(Cc2c(F)cccc2Cl)o1. The second-order valence-electron chi connectivity index (χ2n) is 4.65. The lowest BCUT2D eigenvalue weighted by Crippen LogP contribution is -2.07. The standard InChI is InChI=1S/C13H15ClFN3O/c1-8(2)7-16-13-18-17-12(19-13)6-9-10(14)4-3-5-11(9)15/h3-5,8H,6-7H2,1-2H3,(H,16,18). The lowest BCUT2D eigenvalue weighted by atomic mass is 10.1. The van der Waals surface area contributed by atoms with Crippen molar-refractivity contribution in [3.63, 3.8) is 0 Å². The van der Waals surface area contributed by atoms with Gasteiger partial charge in [-0.1, -0.05) is 36.6 Å². The fourth-order valence-corrected chi connectivity index (χ4v) is 1.77. The highest BCUT2D eigenvalue weighted by Gasteiger charge is 2.12. The molecule has 6 heteroatoms. The van der Waals surface area contributed by atoms with E-state index in [0.717, 1.165) is 6.54 Å². The Morgan fingerprint density at radius 2 is 2.16 bits per heavy atom. The van der Waals surface area contributed by atoms with Gasteiger partial charge in [-0.15, -0.1) is 5.10 Å². The minimum Gasteiger partial charge on any atom is -0.408 e. The van der Waals surface area contributed by atoms with Crippen LogP contribution in [0.15, 0.2) is 22.6 Å². The van der Waals surface area contributed by atoms with Gasteiger partial charge in [0.1, 0.15) is 5.82 Å². The van der Waals surface area contributed by atoms with E-state index in [4.69, 9.17) is 16.0 Å². The van der Waals surface area contributed by atoms with E-state index in [1.807, 2.05) is 0 Å². The molecule has 0 aliphatic rings. The Hall–Kier alpha value is -1.62. The quantitative estimate of drug-likeness (QED) is 0.912. The molecule has 0 unspecified atom stereocenters. The number of anilines is 1. The Balaban J connectivity index is 2.07. The summed E-state index contributed by atoms with van der Waals surface area (Å²) in [5.74, 6) is 0.428. The van der Waals surface area contributed by atoms with E-state index in [2.05, 4.69) is 29.4 Å². The van der Waals surface area contributed by atoms with E-state index in [1.54, 1.807) is 12.1 Å². The van der Waals surface area contributed by atoms with Crippen LogP contribution < -0.4 is 5.32 Å². The highest BCUT2D eigenvalue weighted by molar-refractivity contribution is 6.31. The van der Waals surface area contributed by atoms with E-state index in [1.165, 1.54) is 6.07 Å². The molecule has 0 amide bonds. The number of benzene rings is 1. The van der Waals surface area contributed by atoms with Crippen LogP contribution in [0.3, 0.4) is 0 Å². The zero-order valence-electron chi connectivity index (χ0n) is 10.8. The van der Waals surface area contributed by atoms with Crippen LogP contribution in [0.25, 0.3) is 0 Å². The molecule has 0 fully saturated rings. The monoisotopic (exact) mass is 283 g/mol. The summed E-state index contributed by atoms with van der Waals surface area (Å²) in [6.45, 7) is 4.88. The molecule has 0 bridgehead atoms. The van der Waals surface area contributed by atoms with Gasteiger partial charge in [0.05, 0.1) is 6.42 Å². The molecule has 0 saturated carbocycles.